The van der Waals surface area contributed by atoms with E-state index in [2.05, 4.69) is 26.8 Å². The van der Waals surface area contributed by atoms with Crippen molar-refractivity contribution in [3.05, 3.63) is 74.3 Å². The summed E-state index contributed by atoms with van der Waals surface area (Å²) >= 11 is 3.33. The molecular formula is C17H14BrN3O5. The summed E-state index contributed by atoms with van der Waals surface area (Å²) in [6, 6.07) is 10.5. The van der Waals surface area contributed by atoms with Crippen LogP contribution in [-0.4, -0.2) is 23.8 Å². The van der Waals surface area contributed by atoms with E-state index in [1.165, 1.54) is 37.5 Å². The van der Waals surface area contributed by atoms with Crippen LogP contribution in [0.25, 0.3) is 6.08 Å². The second kappa shape index (κ2) is 8.77. The molecule has 0 aromatic heterocycles. The minimum Gasteiger partial charge on any atom is -0.496 e. The minimum atomic E-state index is -0.671. The Hall–Kier alpha value is -3.20. The molecule has 9 heteroatoms. The first-order valence-electron chi connectivity index (χ1n) is 7.27. The van der Waals surface area contributed by atoms with E-state index in [1.807, 2.05) is 0 Å². The van der Waals surface area contributed by atoms with Gasteiger partial charge in [0, 0.05) is 33.8 Å². The third-order valence-electron chi connectivity index (χ3n) is 3.22. The van der Waals surface area contributed by atoms with Crippen molar-refractivity contribution >= 4 is 39.5 Å². The number of hydrazine groups is 1. The summed E-state index contributed by atoms with van der Waals surface area (Å²) in [6.45, 7) is 0. The monoisotopic (exact) mass is 419 g/mol. The van der Waals surface area contributed by atoms with Gasteiger partial charge >= 0.3 is 0 Å². The van der Waals surface area contributed by atoms with Crippen molar-refractivity contribution < 1.29 is 19.2 Å². The SMILES string of the molecule is COc1ccc(Br)cc1/C=C/C(=O)NNC(=O)c1cccc([N+](=O)[O-])c1. The number of hydrogen-bond acceptors (Lipinski definition) is 5. The standard InChI is InChI=1S/C17H14BrN3O5/c1-26-15-7-6-13(18)9-11(15)5-8-16(22)19-20-17(23)12-3-2-4-14(10-12)21(24)25/h2-10H,1H3,(H,19,22)(H,20,23)/b8-5+. The lowest BCUT2D eigenvalue weighted by molar-refractivity contribution is -0.384. The second-order valence-corrected chi connectivity index (χ2v) is 5.89. The van der Waals surface area contributed by atoms with Gasteiger partial charge in [0.25, 0.3) is 17.5 Å². The molecule has 0 spiro atoms. The molecule has 0 fully saturated rings. The fourth-order valence-corrected chi connectivity index (χ4v) is 2.37. The van der Waals surface area contributed by atoms with Crippen molar-refractivity contribution in [2.45, 2.75) is 0 Å². The largest absolute Gasteiger partial charge is 0.496 e. The highest BCUT2D eigenvalue weighted by Gasteiger charge is 2.11. The van der Waals surface area contributed by atoms with E-state index >= 15 is 0 Å². The van der Waals surface area contributed by atoms with E-state index in [0.29, 0.717) is 11.3 Å². The van der Waals surface area contributed by atoms with Crippen molar-refractivity contribution in [3.8, 4) is 5.75 Å². The molecule has 2 rings (SSSR count). The Labute approximate surface area is 157 Å². The highest BCUT2D eigenvalue weighted by Crippen LogP contribution is 2.24. The Morgan fingerprint density at radius 3 is 2.65 bits per heavy atom. The lowest BCUT2D eigenvalue weighted by Crippen LogP contribution is -2.40. The first-order chi connectivity index (χ1) is 12.4. The van der Waals surface area contributed by atoms with Crippen LogP contribution in [0.2, 0.25) is 0 Å². The van der Waals surface area contributed by atoms with Crippen molar-refractivity contribution in [2.75, 3.05) is 7.11 Å². The first-order valence-corrected chi connectivity index (χ1v) is 8.06. The number of nitrogens with one attached hydrogen (secondary N) is 2. The molecule has 0 aliphatic rings. The number of ether oxygens (including phenoxy) is 1. The topological polar surface area (TPSA) is 111 Å². The molecule has 0 unspecified atom stereocenters. The lowest BCUT2D eigenvalue weighted by atomic mass is 10.2. The molecule has 0 saturated heterocycles. The van der Waals surface area contributed by atoms with Crippen LogP contribution in [0.3, 0.4) is 0 Å². The molecule has 0 saturated carbocycles. The zero-order valence-corrected chi connectivity index (χ0v) is 15.1. The van der Waals surface area contributed by atoms with Gasteiger partial charge in [-0.05, 0) is 30.3 Å². The number of carbonyl (C=O) groups excluding carboxylic acids is 2. The number of carbonyl (C=O) groups is 2. The summed E-state index contributed by atoms with van der Waals surface area (Å²) in [4.78, 5) is 33.9. The van der Waals surface area contributed by atoms with Crippen LogP contribution in [0.1, 0.15) is 15.9 Å². The van der Waals surface area contributed by atoms with Gasteiger partial charge in [-0.1, -0.05) is 22.0 Å². The predicted molar refractivity (Wildman–Crippen MR) is 98.4 cm³/mol. The molecule has 0 atom stereocenters. The normalized spacial score (nSPS) is 10.4. The number of halogens is 1. The number of nitro benzene ring substituents is 1. The van der Waals surface area contributed by atoms with Crippen LogP contribution in [0.4, 0.5) is 5.69 Å². The number of nitrogens with zero attached hydrogens (tertiary/aromatic N) is 1. The van der Waals surface area contributed by atoms with Crippen LogP contribution in [-0.2, 0) is 4.79 Å². The van der Waals surface area contributed by atoms with Crippen molar-refractivity contribution in [2.24, 2.45) is 0 Å². The molecular weight excluding hydrogens is 406 g/mol. The third-order valence-corrected chi connectivity index (χ3v) is 3.72. The van der Waals surface area contributed by atoms with E-state index in [9.17, 15) is 19.7 Å². The first kappa shape index (κ1) is 19.1. The summed E-state index contributed by atoms with van der Waals surface area (Å²) in [5.41, 5.74) is 4.90. The van der Waals surface area contributed by atoms with Crippen molar-refractivity contribution in [1.29, 1.82) is 0 Å². The van der Waals surface area contributed by atoms with Gasteiger partial charge in [-0.2, -0.15) is 0 Å². The maximum absolute atomic E-state index is 11.9. The van der Waals surface area contributed by atoms with Gasteiger partial charge in [-0.15, -0.1) is 0 Å². The molecule has 0 heterocycles. The lowest BCUT2D eigenvalue weighted by Gasteiger charge is -2.06. The minimum absolute atomic E-state index is 0.0529. The molecule has 0 radical (unpaired) electrons. The molecule has 0 aliphatic carbocycles. The van der Waals surface area contributed by atoms with Crippen LogP contribution < -0.4 is 15.6 Å². The summed E-state index contributed by atoms with van der Waals surface area (Å²) < 4.78 is 6.01. The highest BCUT2D eigenvalue weighted by atomic mass is 79.9. The number of amides is 2. The van der Waals surface area contributed by atoms with Crippen molar-refractivity contribution in [1.82, 2.24) is 10.9 Å². The Balaban J connectivity index is 1.98. The molecule has 2 amide bonds. The maximum atomic E-state index is 11.9. The Bertz CT molecular complexity index is 882. The zero-order valence-electron chi connectivity index (χ0n) is 13.6. The van der Waals surface area contributed by atoms with Crippen LogP contribution >= 0.6 is 15.9 Å². The summed E-state index contributed by atoms with van der Waals surface area (Å²) in [5, 5.41) is 10.7. The van der Waals surface area contributed by atoms with Gasteiger partial charge in [-0.3, -0.25) is 30.6 Å². The van der Waals surface area contributed by atoms with E-state index in [1.54, 1.807) is 18.2 Å². The zero-order chi connectivity index (χ0) is 19.1. The highest BCUT2D eigenvalue weighted by molar-refractivity contribution is 9.10. The van der Waals surface area contributed by atoms with E-state index < -0.39 is 16.7 Å². The van der Waals surface area contributed by atoms with Crippen LogP contribution in [0.15, 0.2) is 53.0 Å². The fraction of sp³-hybridized carbons (Fsp3) is 0.0588. The van der Waals surface area contributed by atoms with Crippen LogP contribution in [0.5, 0.6) is 5.75 Å². The van der Waals surface area contributed by atoms with Crippen LogP contribution in [0, 0.1) is 10.1 Å². The Morgan fingerprint density at radius 1 is 1.19 bits per heavy atom. The van der Waals surface area contributed by atoms with Gasteiger partial charge in [0.05, 0.1) is 12.0 Å². The van der Waals surface area contributed by atoms with Gasteiger partial charge in [-0.25, -0.2) is 0 Å². The molecule has 2 N–H and O–H groups in total. The Kier molecular flexibility index (Phi) is 6.45. The van der Waals surface area contributed by atoms with Gasteiger partial charge in [0.15, 0.2) is 0 Å². The molecule has 26 heavy (non-hydrogen) atoms. The second-order valence-electron chi connectivity index (χ2n) is 4.97. The number of methoxy groups -OCH3 is 1. The smallest absolute Gasteiger partial charge is 0.270 e. The quantitative estimate of drug-likeness (QED) is 0.439. The summed E-state index contributed by atoms with van der Waals surface area (Å²) in [7, 11) is 1.51. The number of non-ortho nitro benzene ring substituents is 1. The fourth-order valence-electron chi connectivity index (χ4n) is 1.99. The van der Waals surface area contributed by atoms with Gasteiger partial charge < -0.3 is 4.74 Å². The average molecular weight is 420 g/mol. The summed E-state index contributed by atoms with van der Waals surface area (Å²) in [6.07, 6.45) is 2.75. The predicted octanol–water partition coefficient (Wildman–Crippen LogP) is 2.84. The number of benzene rings is 2. The average Bonchev–Trinajstić information content (AvgIpc) is 2.64. The number of hydrogen-bond donors (Lipinski definition) is 2. The molecule has 0 aliphatic heterocycles. The molecule has 2 aromatic rings. The molecule has 2 aromatic carbocycles. The number of nitro groups is 1. The van der Waals surface area contributed by atoms with E-state index in [0.717, 1.165) is 10.5 Å². The maximum Gasteiger partial charge on any atom is 0.270 e. The van der Waals surface area contributed by atoms with Gasteiger partial charge in [0.2, 0.25) is 0 Å². The molecule has 0 bridgehead atoms. The third kappa shape index (κ3) is 5.15. The van der Waals surface area contributed by atoms with E-state index in [4.69, 9.17) is 4.74 Å². The number of rotatable bonds is 5. The van der Waals surface area contributed by atoms with Crippen molar-refractivity contribution in [3.63, 3.8) is 0 Å². The van der Waals surface area contributed by atoms with E-state index in [-0.39, 0.29) is 11.3 Å². The van der Waals surface area contributed by atoms with Gasteiger partial charge in [0.1, 0.15) is 5.75 Å². The summed E-state index contributed by atoms with van der Waals surface area (Å²) in [5.74, 6) is -0.667. The molecule has 8 nitrogen and oxygen atoms in total. The molecule has 134 valence electrons. The Morgan fingerprint density at radius 2 is 1.96 bits per heavy atom.